The van der Waals surface area contributed by atoms with Gasteiger partial charge in [-0.2, -0.15) is 13.2 Å². The Balaban J connectivity index is 2.56. The van der Waals surface area contributed by atoms with Crippen molar-refractivity contribution in [3.63, 3.8) is 0 Å². The number of aromatic nitrogens is 1. The molecule has 1 aromatic carbocycles. The zero-order valence-electron chi connectivity index (χ0n) is 17.2. The van der Waals surface area contributed by atoms with Crippen molar-refractivity contribution in [2.45, 2.75) is 39.8 Å². The van der Waals surface area contributed by atoms with Crippen molar-refractivity contribution in [3.8, 4) is 0 Å². The molecule has 2 rings (SSSR count). The van der Waals surface area contributed by atoms with Crippen molar-refractivity contribution >= 4 is 46.4 Å². The molecule has 5 nitrogen and oxygen atoms in total. The van der Waals surface area contributed by atoms with Crippen LogP contribution in [-0.4, -0.2) is 22.7 Å². The normalized spacial score (nSPS) is 11.9. The lowest BCUT2D eigenvalue weighted by Gasteiger charge is -2.23. The molecule has 0 aliphatic carbocycles. The van der Waals surface area contributed by atoms with E-state index in [1.807, 2.05) is 20.8 Å². The minimum atomic E-state index is -4.74. The Morgan fingerprint density at radius 1 is 1.10 bits per heavy atom. The van der Waals surface area contributed by atoms with Crippen molar-refractivity contribution in [1.82, 2.24) is 4.98 Å². The van der Waals surface area contributed by atoms with Crippen molar-refractivity contribution in [2.24, 2.45) is 5.41 Å². The van der Waals surface area contributed by atoms with Crippen LogP contribution in [0.25, 0.3) is 0 Å². The molecule has 0 spiro atoms. The molecule has 0 aliphatic heterocycles. The van der Waals surface area contributed by atoms with E-state index in [0.717, 1.165) is 6.07 Å². The van der Waals surface area contributed by atoms with E-state index in [9.17, 15) is 22.8 Å². The second-order valence-corrected chi connectivity index (χ2v) is 8.71. The minimum absolute atomic E-state index is 0.00985. The van der Waals surface area contributed by atoms with E-state index in [1.165, 1.54) is 24.4 Å². The van der Waals surface area contributed by atoms with E-state index in [2.05, 4.69) is 15.6 Å². The lowest BCUT2D eigenvalue weighted by Crippen LogP contribution is -2.21. The molecule has 0 saturated carbocycles. The zero-order valence-corrected chi connectivity index (χ0v) is 18.7. The number of nitrogens with zero attached hydrogens (tertiary/aromatic N) is 1. The van der Waals surface area contributed by atoms with E-state index in [4.69, 9.17) is 23.2 Å². The fourth-order valence-corrected chi connectivity index (χ4v) is 3.03. The van der Waals surface area contributed by atoms with Crippen LogP contribution in [0.15, 0.2) is 30.5 Å². The van der Waals surface area contributed by atoms with Gasteiger partial charge >= 0.3 is 6.18 Å². The molecule has 0 aliphatic rings. The maximum Gasteiger partial charge on any atom is 0.416 e. The van der Waals surface area contributed by atoms with Crippen molar-refractivity contribution in [2.75, 3.05) is 16.5 Å². The standard InChI is InChI=1S/C21H22Cl2F3N3O2/c1-20(2,3)7-6-13-14(21(24,25)26)9-12(10-16(13)28-17(30)11-22)19(31)29-15-5-4-8-27-18(15)23/h4-5,8-10H,6-7,11H2,1-3H3,(H,28,30)(H,29,31). The molecule has 0 bridgehead atoms. The van der Waals surface area contributed by atoms with Crippen LogP contribution < -0.4 is 10.6 Å². The third-order valence-electron chi connectivity index (χ3n) is 4.35. The van der Waals surface area contributed by atoms with Gasteiger partial charge in [0.2, 0.25) is 5.91 Å². The molecule has 0 saturated heterocycles. The van der Waals surface area contributed by atoms with Gasteiger partial charge in [0.05, 0.1) is 11.3 Å². The average Bonchev–Trinajstić information content (AvgIpc) is 2.66. The van der Waals surface area contributed by atoms with Gasteiger partial charge in [0.25, 0.3) is 5.91 Å². The number of pyridine rings is 1. The molecular weight excluding hydrogens is 454 g/mol. The highest BCUT2D eigenvalue weighted by molar-refractivity contribution is 6.32. The number of hydrogen-bond acceptors (Lipinski definition) is 3. The molecule has 2 amide bonds. The van der Waals surface area contributed by atoms with E-state index in [1.54, 1.807) is 0 Å². The molecule has 1 heterocycles. The second kappa shape index (κ2) is 9.87. The van der Waals surface area contributed by atoms with Gasteiger partial charge in [-0.3, -0.25) is 9.59 Å². The number of rotatable bonds is 6. The van der Waals surface area contributed by atoms with Crippen LogP contribution in [-0.2, 0) is 17.4 Å². The van der Waals surface area contributed by atoms with E-state index >= 15 is 0 Å². The van der Waals surface area contributed by atoms with Crippen LogP contribution in [0.1, 0.15) is 48.7 Å². The van der Waals surface area contributed by atoms with Gasteiger partial charge in [-0.25, -0.2) is 4.98 Å². The Bertz CT molecular complexity index is 973. The smallest absolute Gasteiger partial charge is 0.325 e. The van der Waals surface area contributed by atoms with E-state index < -0.39 is 29.4 Å². The van der Waals surface area contributed by atoms with Gasteiger partial charge in [-0.1, -0.05) is 32.4 Å². The number of hydrogen-bond donors (Lipinski definition) is 2. The largest absolute Gasteiger partial charge is 0.416 e. The van der Waals surface area contributed by atoms with Crippen molar-refractivity contribution in [1.29, 1.82) is 0 Å². The molecule has 31 heavy (non-hydrogen) atoms. The summed E-state index contributed by atoms with van der Waals surface area (Å²) in [7, 11) is 0. The molecule has 2 aromatic rings. The summed E-state index contributed by atoms with van der Waals surface area (Å²) in [5.74, 6) is -1.95. The summed E-state index contributed by atoms with van der Waals surface area (Å²) in [6.07, 6.45) is -2.86. The highest BCUT2D eigenvalue weighted by Crippen LogP contribution is 2.38. The highest BCUT2D eigenvalue weighted by atomic mass is 35.5. The van der Waals surface area contributed by atoms with Gasteiger partial charge in [0.15, 0.2) is 5.15 Å². The predicted molar refractivity (Wildman–Crippen MR) is 116 cm³/mol. The Morgan fingerprint density at radius 3 is 2.32 bits per heavy atom. The first kappa shape index (κ1) is 24.9. The molecular formula is C21H22Cl2F3N3O2. The number of alkyl halides is 4. The van der Waals surface area contributed by atoms with Crippen molar-refractivity contribution < 1.29 is 22.8 Å². The van der Waals surface area contributed by atoms with Gasteiger partial charge in [0, 0.05) is 17.4 Å². The minimum Gasteiger partial charge on any atom is -0.325 e. The highest BCUT2D eigenvalue weighted by Gasteiger charge is 2.36. The maximum atomic E-state index is 13.9. The lowest BCUT2D eigenvalue weighted by atomic mass is 9.86. The average molecular weight is 476 g/mol. The number of benzene rings is 1. The topological polar surface area (TPSA) is 71.1 Å². The number of halogens is 5. The molecule has 0 fully saturated rings. The summed E-state index contributed by atoms with van der Waals surface area (Å²) in [5.41, 5.74) is -1.60. The van der Waals surface area contributed by atoms with Crippen LogP contribution in [0.5, 0.6) is 0 Å². The number of carbonyl (C=O) groups excluding carboxylic acids is 2. The first-order chi connectivity index (χ1) is 14.3. The Kier molecular flexibility index (Phi) is 7.94. The quantitative estimate of drug-likeness (QED) is 0.388. The maximum absolute atomic E-state index is 13.9. The van der Waals surface area contributed by atoms with Crippen LogP contribution >= 0.6 is 23.2 Å². The SMILES string of the molecule is CC(C)(C)CCc1c(NC(=O)CCl)cc(C(=O)Nc2cccnc2Cl)cc1C(F)(F)F. The van der Waals surface area contributed by atoms with Gasteiger partial charge < -0.3 is 10.6 Å². The fraction of sp³-hybridized carbons (Fsp3) is 0.381. The number of anilines is 2. The molecule has 0 radical (unpaired) electrons. The summed E-state index contributed by atoms with van der Waals surface area (Å²) in [4.78, 5) is 28.4. The second-order valence-electron chi connectivity index (χ2n) is 8.09. The van der Waals surface area contributed by atoms with Gasteiger partial charge in [-0.05, 0) is 48.1 Å². The molecule has 0 unspecified atom stereocenters. The van der Waals surface area contributed by atoms with Gasteiger partial charge in [0.1, 0.15) is 5.88 Å². The Hall–Kier alpha value is -2.32. The fourth-order valence-electron chi connectivity index (χ4n) is 2.79. The van der Waals surface area contributed by atoms with E-state index in [0.29, 0.717) is 6.42 Å². The van der Waals surface area contributed by atoms with Crippen molar-refractivity contribution in [3.05, 3.63) is 52.3 Å². The molecule has 0 atom stereocenters. The molecule has 10 heteroatoms. The summed E-state index contributed by atoms with van der Waals surface area (Å²) in [5, 5.41) is 4.82. The third kappa shape index (κ3) is 7.11. The predicted octanol–water partition coefficient (Wildman–Crippen LogP) is 6.16. The van der Waals surface area contributed by atoms with Crippen LogP contribution in [0, 0.1) is 5.41 Å². The number of amides is 2. The summed E-state index contributed by atoms with van der Waals surface area (Å²) in [6.45, 7) is 5.70. The van der Waals surface area contributed by atoms with Crippen LogP contribution in [0.2, 0.25) is 5.15 Å². The first-order valence-electron chi connectivity index (χ1n) is 9.33. The van der Waals surface area contributed by atoms with E-state index in [-0.39, 0.29) is 39.5 Å². The monoisotopic (exact) mass is 475 g/mol. The Labute approximate surface area is 188 Å². The number of nitrogens with one attached hydrogen (secondary N) is 2. The third-order valence-corrected chi connectivity index (χ3v) is 4.89. The first-order valence-corrected chi connectivity index (χ1v) is 10.2. The summed E-state index contributed by atoms with van der Waals surface area (Å²) >= 11 is 11.4. The Morgan fingerprint density at radius 2 is 1.77 bits per heavy atom. The summed E-state index contributed by atoms with van der Waals surface area (Å²) < 4.78 is 41.7. The molecule has 168 valence electrons. The van der Waals surface area contributed by atoms with Crippen LogP contribution in [0.4, 0.5) is 24.5 Å². The molecule has 2 N–H and O–H groups in total. The lowest BCUT2D eigenvalue weighted by molar-refractivity contribution is -0.138. The van der Waals surface area contributed by atoms with Gasteiger partial charge in [-0.15, -0.1) is 11.6 Å². The number of carbonyl (C=O) groups is 2. The molecule has 1 aromatic heterocycles. The summed E-state index contributed by atoms with van der Waals surface area (Å²) in [6, 6.07) is 4.96. The zero-order chi connectivity index (χ0) is 23.4. The van der Waals surface area contributed by atoms with Crippen LogP contribution in [0.3, 0.4) is 0 Å².